The Kier molecular flexibility index (Phi) is 6.21. The molecule has 0 aromatic rings. The smallest absolute Gasteiger partial charge is 0.236 e. The maximum Gasteiger partial charge on any atom is 0.236 e. The van der Waals surface area contributed by atoms with Crippen molar-refractivity contribution in [2.75, 3.05) is 25.1 Å². The Morgan fingerprint density at radius 2 is 2.19 bits per heavy atom. The van der Waals surface area contributed by atoms with Crippen molar-refractivity contribution in [1.82, 2.24) is 10.2 Å². The molecule has 1 unspecified atom stereocenters. The quantitative estimate of drug-likeness (QED) is 0.706. The van der Waals surface area contributed by atoms with Crippen molar-refractivity contribution in [2.24, 2.45) is 0 Å². The Morgan fingerprint density at radius 1 is 1.50 bits per heavy atom. The summed E-state index contributed by atoms with van der Waals surface area (Å²) in [6.45, 7) is 5.58. The van der Waals surface area contributed by atoms with Crippen LogP contribution in [0.3, 0.4) is 0 Å². The lowest BCUT2D eigenvalue weighted by Gasteiger charge is -2.22. The second-order valence-corrected chi connectivity index (χ2v) is 5.26. The van der Waals surface area contributed by atoms with Crippen molar-refractivity contribution in [3.63, 3.8) is 0 Å². The number of amides is 1. The van der Waals surface area contributed by atoms with E-state index in [-0.39, 0.29) is 5.91 Å². The molecule has 1 atom stereocenters. The largest absolute Gasteiger partial charge is 0.339 e. The lowest BCUT2D eigenvalue weighted by Crippen LogP contribution is -2.43. The molecule has 3 nitrogen and oxygen atoms in total. The third-order valence-electron chi connectivity index (χ3n) is 3.05. The number of hydrogen-bond donors (Lipinski definition) is 1. The summed E-state index contributed by atoms with van der Waals surface area (Å²) in [7, 11) is 0. The molecule has 0 aromatic heterocycles. The summed E-state index contributed by atoms with van der Waals surface area (Å²) in [4.78, 5) is 13.9. The molecule has 0 bridgehead atoms. The van der Waals surface area contributed by atoms with Gasteiger partial charge in [-0.25, -0.2) is 0 Å². The van der Waals surface area contributed by atoms with Crippen LogP contribution in [0.2, 0.25) is 0 Å². The highest BCUT2D eigenvalue weighted by Crippen LogP contribution is 2.26. The molecular formula is C12H24N2OS. The number of nitrogens with zero attached hydrogens (tertiary/aromatic N) is 1. The van der Waals surface area contributed by atoms with E-state index in [1.54, 1.807) is 0 Å². The minimum Gasteiger partial charge on any atom is -0.339 e. The fraction of sp³-hybridized carbons (Fsp3) is 0.917. The SMILES string of the molecule is CCC(CSC)NCC(=O)N(CC)C1CC1. The minimum atomic E-state index is 0.268. The zero-order valence-electron chi connectivity index (χ0n) is 10.7. The molecule has 0 radical (unpaired) electrons. The van der Waals surface area contributed by atoms with Crippen molar-refractivity contribution in [3.8, 4) is 0 Å². The standard InChI is InChI=1S/C12H24N2OS/c1-4-10(9-16-3)13-8-12(15)14(5-2)11-6-7-11/h10-11,13H,4-9H2,1-3H3. The first-order chi connectivity index (χ1) is 7.72. The lowest BCUT2D eigenvalue weighted by molar-refractivity contribution is -0.130. The summed E-state index contributed by atoms with van der Waals surface area (Å²) in [5.41, 5.74) is 0. The normalized spacial score (nSPS) is 17.2. The monoisotopic (exact) mass is 244 g/mol. The molecule has 1 rings (SSSR count). The maximum atomic E-state index is 11.9. The number of likely N-dealkylation sites (N-methyl/N-ethyl adjacent to an activating group) is 1. The van der Waals surface area contributed by atoms with Gasteiger partial charge in [-0.2, -0.15) is 11.8 Å². The van der Waals surface area contributed by atoms with Crippen LogP contribution in [-0.4, -0.2) is 48.0 Å². The van der Waals surface area contributed by atoms with Gasteiger partial charge < -0.3 is 10.2 Å². The first-order valence-corrected chi connectivity index (χ1v) is 7.64. The van der Waals surface area contributed by atoms with E-state index in [9.17, 15) is 4.79 Å². The van der Waals surface area contributed by atoms with Crippen LogP contribution < -0.4 is 5.32 Å². The van der Waals surface area contributed by atoms with Crippen LogP contribution in [0.15, 0.2) is 0 Å². The van der Waals surface area contributed by atoms with Gasteiger partial charge in [0.2, 0.25) is 5.91 Å². The molecule has 1 aliphatic rings. The fourth-order valence-electron chi connectivity index (χ4n) is 1.88. The van der Waals surface area contributed by atoms with Crippen LogP contribution in [0.5, 0.6) is 0 Å². The molecule has 1 fully saturated rings. The molecule has 0 spiro atoms. The van der Waals surface area contributed by atoms with E-state index in [1.807, 2.05) is 16.7 Å². The number of carbonyl (C=O) groups excluding carboxylic acids is 1. The molecular weight excluding hydrogens is 220 g/mol. The third-order valence-corrected chi connectivity index (χ3v) is 3.79. The third kappa shape index (κ3) is 4.34. The van der Waals surface area contributed by atoms with Gasteiger partial charge in [0.1, 0.15) is 0 Å². The molecule has 1 N–H and O–H groups in total. The zero-order valence-corrected chi connectivity index (χ0v) is 11.5. The molecule has 4 heteroatoms. The number of carbonyl (C=O) groups is 1. The maximum absolute atomic E-state index is 11.9. The summed E-state index contributed by atoms with van der Waals surface area (Å²) >= 11 is 1.83. The van der Waals surface area contributed by atoms with Gasteiger partial charge in [-0.3, -0.25) is 4.79 Å². The van der Waals surface area contributed by atoms with E-state index < -0.39 is 0 Å². The molecule has 0 aromatic carbocycles. The van der Waals surface area contributed by atoms with E-state index in [2.05, 4.69) is 25.4 Å². The molecule has 1 amide bonds. The number of thioether (sulfide) groups is 1. The first-order valence-electron chi connectivity index (χ1n) is 6.24. The van der Waals surface area contributed by atoms with Crippen molar-refractivity contribution >= 4 is 17.7 Å². The Hall–Kier alpha value is -0.220. The van der Waals surface area contributed by atoms with E-state index >= 15 is 0 Å². The fourth-order valence-corrected chi connectivity index (χ4v) is 2.64. The summed E-state index contributed by atoms with van der Waals surface area (Å²) in [5, 5.41) is 3.36. The highest BCUT2D eigenvalue weighted by molar-refractivity contribution is 7.98. The molecule has 94 valence electrons. The summed E-state index contributed by atoms with van der Waals surface area (Å²) in [6, 6.07) is 1.01. The van der Waals surface area contributed by atoms with E-state index in [1.165, 1.54) is 12.8 Å². The van der Waals surface area contributed by atoms with Crippen LogP contribution in [0, 0.1) is 0 Å². The average Bonchev–Trinajstić information content (AvgIpc) is 3.09. The van der Waals surface area contributed by atoms with Crippen molar-refractivity contribution in [1.29, 1.82) is 0 Å². The van der Waals surface area contributed by atoms with Crippen LogP contribution in [0.25, 0.3) is 0 Å². The van der Waals surface area contributed by atoms with E-state index in [0.29, 0.717) is 18.6 Å². The molecule has 0 saturated heterocycles. The predicted octanol–water partition coefficient (Wildman–Crippen LogP) is 1.73. The van der Waals surface area contributed by atoms with Gasteiger partial charge in [0, 0.05) is 24.4 Å². The summed E-state index contributed by atoms with van der Waals surface area (Å²) < 4.78 is 0. The van der Waals surface area contributed by atoms with Gasteiger partial charge >= 0.3 is 0 Å². The van der Waals surface area contributed by atoms with Gasteiger partial charge in [-0.05, 0) is 32.4 Å². The molecule has 1 aliphatic carbocycles. The second kappa shape index (κ2) is 7.17. The Morgan fingerprint density at radius 3 is 2.62 bits per heavy atom. The van der Waals surface area contributed by atoms with Crippen molar-refractivity contribution in [2.45, 2.75) is 45.2 Å². The zero-order chi connectivity index (χ0) is 12.0. The van der Waals surface area contributed by atoms with Gasteiger partial charge in [-0.1, -0.05) is 6.92 Å². The first kappa shape index (κ1) is 13.8. The van der Waals surface area contributed by atoms with Crippen molar-refractivity contribution in [3.05, 3.63) is 0 Å². The highest BCUT2D eigenvalue weighted by atomic mass is 32.2. The Labute approximate surface area is 103 Å². The van der Waals surface area contributed by atoms with Gasteiger partial charge in [0.15, 0.2) is 0 Å². The molecule has 0 heterocycles. The summed E-state index contributed by atoms with van der Waals surface area (Å²) in [6.07, 6.45) is 5.58. The predicted molar refractivity (Wildman–Crippen MR) is 70.9 cm³/mol. The van der Waals surface area contributed by atoms with Crippen molar-refractivity contribution < 1.29 is 4.79 Å². The number of nitrogens with one attached hydrogen (secondary N) is 1. The van der Waals surface area contributed by atoms with Crippen LogP contribution >= 0.6 is 11.8 Å². The molecule has 1 saturated carbocycles. The number of hydrogen-bond acceptors (Lipinski definition) is 3. The molecule has 16 heavy (non-hydrogen) atoms. The second-order valence-electron chi connectivity index (χ2n) is 4.35. The summed E-state index contributed by atoms with van der Waals surface area (Å²) in [5.74, 6) is 1.35. The minimum absolute atomic E-state index is 0.268. The van der Waals surface area contributed by atoms with Gasteiger partial charge in [0.05, 0.1) is 6.54 Å². The number of rotatable bonds is 8. The Balaban J connectivity index is 2.26. The topological polar surface area (TPSA) is 32.3 Å². The molecule has 0 aliphatic heterocycles. The van der Waals surface area contributed by atoms with Crippen LogP contribution in [-0.2, 0) is 4.79 Å². The van der Waals surface area contributed by atoms with E-state index in [0.717, 1.165) is 18.7 Å². The van der Waals surface area contributed by atoms with Crippen LogP contribution in [0.4, 0.5) is 0 Å². The highest BCUT2D eigenvalue weighted by Gasteiger charge is 2.31. The lowest BCUT2D eigenvalue weighted by atomic mass is 10.2. The Bertz CT molecular complexity index is 219. The van der Waals surface area contributed by atoms with Crippen LogP contribution in [0.1, 0.15) is 33.1 Å². The average molecular weight is 244 g/mol. The van der Waals surface area contributed by atoms with Gasteiger partial charge in [-0.15, -0.1) is 0 Å². The van der Waals surface area contributed by atoms with Gasteiger partial charge in [0.25, 0.3) is 0 Å². The van der Waals surface area contributed by atoms with E-state index in [4.69, 9.17) is 0 Å².